The van der Waals surface area contributed by atoms with E-state index in [4.69, 9.17) is 11.6 Å². The molecule has 5 rings (SSSR count). The van der Waals surface area contributed by atoms with Crippen LogP contribution in [0.2, 0.25) is 5.02 Å². The summed E-state index contributed by atoms with van der Waals surface area (Å²) in [4.78, 5) is 24.0. The second kappa shape index (κ2) is 7.33. The summed E-state index contributed by atoms with van der Waals surface area (Å²) in [6.45, 7) is 0. The number of hydrogen-bond donors (Lipinski definition) is 1. The van der Waals surface area contributed by atoms with E-state index < -0.39 is 22.7 Å². The van der Waals surface area contributed by atoms with Crippen molar-refractivity contribution in [2.45, 2.75) is 43.9 Å². The molecule has 4 heterocycles. The fourth-order valence-corrected chi connectivity index (χ4v) is 4.99. The van der Waals surface area contributed by atoms with Crippen molar-refractivity contribution in [1.29, 1.82) is 0 Å². The van der Waals surface area contributed by atoms with Crippen LogP contribution in [0.4, 0.5) is 13.2 Å². The minimum atomic E-state index is -4.64. The Morgan fingerprint density at radius 3 is 2.77 bits per heavy atom. The molecule has 0 aliphatic carbocycles. The highest BCUT2D eigenvalue weighted by Gasteiger charge is 2.44. The predicted octanol–water partition coefficient (Wildman–Crippen LogP) is 4.83. The molecule has 10 heteroatoms. The van der Waals surface area contributed by atoms with E-state index in [9.17, 15) is 18.0 Å². The zero-order valence-corrected chi connectivity index (χ0v) is 16.9. The lowest BCUT2D eigenvalue weighted by atomic mass is 9.81. The normalized spacial score (nSPS) is 20.5. The molecule has 1 saturated heterocycles. The van der Waals surface area contributed by atoms with Crippen LogP contribution in [0, 0.1) is 0 Å². The molecule has 2 unspecified atom stereocenters. The molecule has 0 spiro atoms. The van der Waals surface area contributed by atoms with Crippen molar-refractivity contribution in [3.8, 4) is 11.4 Å². The van der Waals surface area contributed by atoms with Gasteiger partial charge in [0.15, 0.2) is 0 Å². The van der Waals surface area contributed by atoms with Crippen LogP contribution in [0.3, 0.4) is 0 Å². The minimum absolute atomic E-state index is 0.140. The van der Waals surface area contributed by atoms with Crippen molar-refractivity contribution < 1.29 is 18.0 Å². The average molecular weight is 448 g/mol. The third-order valence-electron chi connectivity index (χ3n) is 5.99. The van der Waals surface area contributed by atoms with Gasteiger partial charge in [0.05, 0.1) is 33.6 Å². The number of nitrogens with one attached hydrogen (secondary N) is 1. The molecule has 3 aromatic rings. The quantitative estimate of drug-likeness (QED) is 0.610. The monoisotopic (exact) mass is 447 g/mol. The topological polar surface area (TPSA) is 74.8 Å². The molecule has 1 fully saturated rings. The van der Waals surface area contributed by atoms with Gasteiger partial charge in [0.25, 0.3) is 5.91 Å². The smallest absolute Gasteiger partial charge is 0.327 e. The molecule has 2 bridgehead atoms. The molecule has 1 aromatic carbocycles. The lowest BCUT2D eigenvalue weighted by molar-refractivity contribution is -0.137. The van der Waals surface area contributed by atoms with E-state index in [1.807, 2.05) is 6.07 Å². The van der Waals surface area contributed by atoms with Crippen LogP contribution in [-0.4, -0.2) is 37.0 Å². The predicted molar refractivity (Wildman–Crippen MR) is 106 cm³/mol. The van der Waals surface area contributed by atoms with Crippen molar-refractivity contribution in [3.63, 3.8) is 0 Å². The summed E-state index contributed by atoms with van der Waals surface area (Å²) in [5.74, 6) is -0.503. The highest BCUT2D eigenvalue weighted by Crippen LogP contribution is 2.45. The molecule has 0 radical (unpaired) electrons. The lowest BCUT2D eigenvalue weighted by Gasteiger charge is -2.46. The van der Waals surface area contributed by atoms with Gasteiger partial charge in [-0.1, -0.05) is 17.7 Å². The molecule has 1 amide bonds. The molecule has 2 aliphatic rings. The van der Waals surface area contributed by atoms with Crippen molar-refractivity contribution >= 4 is 17.5 Å². The van der Waals surface area contributed by atoms with E-state index in [2.05, 4.69) is 20.2 Å². The molecular weight excluding hydrogens is 431 g/mol. The summed E-state index contributed by atoms with van der Waals surface area (Å²) in [6, 6.07) is 4.75. The van der Waals surface area contributed by atoms with E-state index >= 15 is 0 Å². The number of aromatic amines is 1. The van der Waals surface area contributed by atoms with Crippen LogP contribution in [0.5, 0.6) is 0 Å². The fourth-order valence-electron chi connectivity index (χ4n) is 4.67. The molecule has 2 atom stereocenters. The second-order valence-corrected chi connectivity index (χ2v) is 8.11. The maximum atomic E-state index is 13.5. The Bertz CT molecular complexity index is 1150. The first-order valence-electron chi connectivity index (χ1n) is 9.88. The molecule has 2 aliphatic heterocycles. The van der Waals surface area contributed by atoms with Gasteiger partial charge in [-0.2, -0.15) is 18.3 Å². The number of carbonyl (C=O) groups excluding carboxylic acids is 1. The van der Waals surface area contributed by atoms with E-state index in [1.165, 1.54) is 18.5 Å². The summed E-state index contributed by atoms with van der Waals surface area (Å²) in [5, 5.41) is 6.42. The zero-order chi connectivity index (χ0) is 21.8. The first-order chi connectivity index (χ1) is 14.9. The van der Waals surface area contributed by atoms with Crippen molar-refractivity contribution in [1.82, 2.24) is 25.1 Å². The molecule has 2 aromatic heterocycles. The average Bonchev–Trinajstić information content (AvgIpc) is 3.26. The van der Waals surface area contributed by atoms with Crippen molar-refractivity contribution in [2.75, 3.05) is 0 Å². The Kier molecular flexibility index (Phi) is 4.73. The first kappa shape index (κ1) is 20.0. The third-order valence-corrected chi connectivity index (χ3v) is 6.40. The van der Waals surface area contributed by atoms with Crippen LogP contribution in [0.1, 0.15) is 52.5 Å². The highest BCUT2D eigenvalue weighted by molar-refractivity contribution is 6.34. The van der Waals surface area contributed by atoms with Crippen LogP contribution >= 0.6 is 11.6 Å². The molecule has 160 valence electrons. The SMILES string of the molecule is O=C(c1cccc(C(F)(F)F)c1Cl)N1C2CCCC1c1ncnc(-c3cc[nH]n3)c1C2. The lowest BCUT2D eigenvalue weighted by Crippen LogP contribution is -2.50. The van der Waals surface area contributed by atoms with Gasteiger partial charge >= 0.3 is 6.18 Å². The summed E-state index contributed by atoms with van der Waals surface area (Å²) in [6.07, 6.45) is 1.34. The summed E-state index contributed by atoms with van der Waals surface area (Å²) in [5.41, 5.74) is 1.91. The number of carbonyl (C=O) groups is 1. The molecule has 1 N–H and O–H groups in total. The molecule has 31 heavy (non-hydrogen) atoms. The molecule has 0 saturated carbocycles. The maximum Gasteiger partial charge on any atom is 0.417 e. The van der Waals surface area contributed by atoms with Crippen LogP contribution in [0.15, 0.2) is 36.8 Å². The van der Waals surface area contributed by atoms with E-state index in [-0.39, 0.29) is 17.6 Å². The van der Waals surface area contributed by atoms with Gasteiger partial charge in [-0.05, 0) is 43.9 Å². The number of piperidine rings is 1. The van der Waals surface area contributed by atoms with Crippen LogP contribution in [-0.2, 0) is 12.6 Å². The Labute approximate surface area is 180 Å². The standard InChI is InChI=1S/C21H17ClF3N5O/c22-17-12(4-2-5-14(17)21(23,24)25)20(31)30-11-3-1-6-16(30)19-13(9-11)18(26-10-27-19)15-7-8-28-29-15/h2,4-5,7-8,10-11,16H,1,3,6,9H2,(H,28,29). The van der Waals surface area contributed by atoms with Gasteiger partial charge < -0.3 is 4.90 Å². The Morgan fingerprint density at radius 1 is 1.19 bits per heavy atom. The zero-order valence-electron chi connectivity index (χ0n) is 16.2. The molecular formula is C21H17ClF3N5O. The Morgan fingerprint density at radius 2 is 2.03 bits per heavy atom. The number of amides is 1. The number of benzene rings is 1. The number of aromatic nitrogens is 4. The number of alkyl halides is 3. The number of hydrogen-bond acceptors (Lipinski definition) is 4. The Balaban J connectivity index is 1.58. The second-order valence-electron chi connectivity index (χ2n) is 7.73. The maximum absolute atomic E-state index is 13.5. The first-order valence-corrected chi connectivity index (χ1v) is 10.3. The molecule has 6 nitrogen and oxygen atoms in total. The number of nitrogens with zero attached hydrogens (tertiary/aromatic N) is 4. The summed E-state index contributed by atoms with van der Waals surface area (Å²) in [7, 11) is 0. The van der Waals surface area contributed by atoms with Gasteiger partial charge in [-0.15, -0.1) is 0 Å². The van der Waals surface area contributed by atoms with Crippen molar-refractivity contribution in [2.24, 2.45) is 0 Å². The van der Waals surface area contributed by atoms with Gasteiger partial charge in [0.2, 0.25) is 0 Å². The number of fused-ring (bicyclic) bond motifs is 4. The van der Waals surface area contributed by atoms with Gasteiger partial charge in [-0.3, -0.25) is 9.89 Å². The van der Waals surface area contributed by atoms with Gasteiger partial charge in [0, 0.05) is 17.8 Å². The number of H-pyrrole nitrogens is 1. The summed E-state index contributed by atoms with van der Waals surface area (Å²) < 4.78 is 39.9. The Hall–Kier alpha value is -2.94. The highest BCUT2D eigenvalue weighted by atomic mass is 35.5. The van der Waals surface area contributed by atoms with Crippen LogP contribution < -0.4 is 0 Å². The third kappa shape index (κ3) is 3.27. The van der Waals surface area contributed by atoms with E-state index in [0.29, 0.717) is 24.2 Å². The van der Waals surface area contributed by atoms with Gasteiger partial charge in [-0.25, -0.2) is 9.97 Å². The van der Waals surface area contributed by atoms with Crippen LogP contribution in [0.25, 0.3) is 11.4 Å². The van der Waals surface area contributed by atoms with E-state index in [0.717, 1.165) is 30.2 Å². The van der Waals surface area contributed by atoms with E-state index in [1.54, 1.807) is 11.1 Å². The number of halogens is 4. The number of rotatable bonds is 2. The summed E-state index contributed by atoms with van der Waals surface area (Å²) >= 11 is 6.05. The largest absolute Gasteiger partial charge is 0.417 e. The fraction of sp³-hybridized carbons (Fsp3) is 0.333. The van der Waals surface area contributed by atoms with Gasteiger partial charge in [0.1, 0.15) is 12.0 Å². The van der Waals surface area contributed by atoms with Crippen molar-refractivity contribution in [3.05, 3.63) is 64.2 Å². The minimum Gasteiger partial charge on any atom is -0.327 e.